The number of aromatic nitrogens is 4. The molecule has 204 valence electrons. The van der Waals surface area contributed by atoms with Crippen LogP contribution in [0, 0.1) is 16.9 Å². The molecule has 0 saturated heterocycles. The molecule has 2 rings (SSSR count). The fourth-order valence-corrected chi connectivity index (χ4v) is 10.5. The lowest BCUT2D eigenvalue weighted by Crippen LogP contribution is -2.45. The minimum atomic E-state index is -4.91. The molecule has 1 aromatic heterocycles. The van der Waals surface area contributed by atoms with Crippen molar-refractivity contribution in [3.63, 3.8) is 0 Å². The molecule has 0 fully saturated rings. The highest BCUT2D eigenvalue weighted by Gasteiger charge is 2.43. The first-order valence-corrected chi connectivity index (χ1v) is 14.7. The van der Waals surface area contributed by atoms with Crippen LogP contribution in [0.4, 0.5) is 18.9 Å². The summed E-state index contributed by atoms with van der Waals surface area (Å²) in [6.45, 7) is 18.5. The van der Waals surface area contributed by atoms with Gasteiger partial charge in [-0.2, -0.15) is 5.21 Å². The number of anilines is 1. The molecule has 37 heavy (non-hydrogen) atoms. The van der Waals surface area contributed by atoms with Crippen molar-refractivity contribution >= 4 is 31.3 Å². The summed E-state index contributed by atoms with van der Waals surface area (Å²) in [6, 6.07) is 2.90. The molecular weight excluding hydrogens is 523 g/mol. The van der Waals surface area contributed by atoms with E-state index in [4.69, 9.17) is 11.6 Å². The number of carbonyl (C=O) groups excluding carboxylic acids is 1. The van der Waals surface area contributed by atoms with Crippen molar-refractivity contribution in [1.82, 2.24) is 20.6 Å². The molecule has 0 aliphatic carbocycles. The summed E-state index contributed by atoms with van der Waals surface area (Å²) >= 11 is 6.16. The Bertz CT molecular complexity index is 1110. The second kappa shape index (κ2) is 11.4. The summed E-state index contributed by atoms with van der Waals surface area (Å²) in [5.41, 5.74) is 3.92. The zero-order valence-corrected chi connectivity index (χ0v) is 24.4. The molecule has 1 aromatic carbocycles. The molecular formula is C25H35ClF3N5O2Si. The van der Waals surface area contributed by atoms with E-state index in [1.807, 2.05) is 20.8 Å². The first-order valence-electron chi connectivity index (χ1n) is 12.1. The van der Waals surface area contributed by atoms with Crippen molar-refractivity contribution in [2.45, 2.75) is 91.3 Å². The van der Waals surface area contributed by atoms with Gasteiger partial charge in [0.1, 0.15) is 19.9 Å². The standard InChI is InChI=1S/C25H35ClF3N5O2Si/c1-15(2)37(16(3)4,17(5)6)13-12-21(35)34(22(24(7,8)9)23-30-32-33-31-23)18-10-11-20(19(26)14-18)36-25(27,28)29/h10-11,14-17,22H,1-9H3,(H,30,31,32,33). The summed E-state index contributed by atoms with van der Waals surface area (Å²) < 4.78 is 42.4. The van der Waals surface area contributed by atoms with Crippen LogP contribution in [-0.2, 0) is 4.79 Å². The second-order valence-corrected chi connectivity index (χ2v) is 17.0. The number of benzene rings is 1. The first-order chi connectivity index (χ1) is 16.9. The molecule has 1 N–H and O–H groups in total. The van der Waals surface area contributed by atoms with Crippen LogP contribution in [0.15, 0.2) is 18.2 Å². The van der Waals surface area contributed by atoms with E-state index in [2.05, 4.69) is 78.4 Å². The maximum Gasteiger partial charge on any atom is 0.573 e. The Balaban J connectivity index is 2.74. The summed E-state index contributed by atoms with van der Waals surface area (Å²) in [4.78, 5) is 15.3. The average molecular weight is 558 g/mol. The Hall–Kier alpha value is -2.58. The van der Waals surface area contributed by atoms with Gasteiger partial charge in [-0.3, -0.25) is 9.69 Å². The van der Waals surface area contributed by atoms with Crippen LogP contribution in [0.3, 0.4) is 0 Å². The lowest BCUT2D eigenvalue weighted by molar-refractivity contribution is -0.274. The van der Waals surface area contributed by atoms with E-state index in [0.717, 1.165) is 6.07 Å². The third kappa shape index (κ3) is 7.05. The summed E-state index contributed by atoms with van der Waals surface area (Å²) in [5.74, 6) is 2.03. The van der Waals surface area contributed by atoms with Gasteiger partial charge in [0, 0.05) is 5.69 Å². The van der Waals surface area contributed by atoms with Gasteiger partial charge in [-0.25, -0.2) is 0 Å². The van der Waals surface area contributed by atoms with E-state index < -0.39 is 37.5 Å². The number of hydrogen-bond acceptors (Lipinski definition) is 5. The number of halogens is 4. The molecule has 0 bridgehead atoms. The Kier molecular flexibility index (Phi) is 9.47. The number of nitrogens with one attached hydrogen (secondary N) is 1. The maximum atomic E-state index is 13.9. The molecule has 2 aromatic rings. The maximum absolute atomic E-state index is 13.9. The molecule has 1 atom stereocenters. The van der Waals surface area contributed by atoms with E-state index in [0.29, 0.717) is 16.6 Å². The van der Waals surface area contributed by atoms with Gasteiger partial charge >= 0.3 is 12.3 Å². The zero-order valence-electron chi connectivity index (χ0n) is 22.7. The highest BCUT2D eigenvalue weighted by atomic mass is 35.5. The van der Waals surface area contributed by atoms with Gasteiger partial charge in [0.15, 0.2) is 5.82 Å². The Morgan fingerprint density at radius 2 is 1.65 bits per heavy atom. The first kappa shape index (κ1) is 30.6. The lowest BCUT2D eigenvalue weighted by atomic mass is 9.84. The number of hydrogen-bond donors (Lipinski definition) is 1. The lowest BCUT2D eigenvalue weighted by Gasteiger charge is -2.39. The molecule has 0 radical (unpaired) electrons. The van der Waals surface area contributed by atoms with E-state index in [1.165, 1.54) is 17.0 Å². The van der Waals surface area contributed by atoms with Gasteiger partial charge in [-0.1, -0.05) is 79.1 Å². The Morgan fingerprint density at radius 3 is 2.05 bits per heavy atom. The van der Waals surface area contributed by atoms with Crippen LogP contribution < -0.4 is 9.64 Å². The topological polar surface area (TPSA) is 84.0 Å². The predicted molar refractivity (Wildman–Crippen MR) is 141 cm³/mol. The molecule has 0 aliphatic rings. The van der Waals surface area contributed by atoms with Gasteiger partial charge in [0.2, 0.25) is 0 Å². The van der Waals surface area contributed by atoms with Crippen LogP contribution in [-0.4, -0.2) is 41.0 Å². The highest BCUT2D eigenvalue weighted by Crippen LogP contribution is 2.43. The van der Waals surface area contributed by atoms with Gasteiger partial charge in [0.05, 0.1) is 5.02 Å². The fraction of sp³-hybridized carbons (Fsp3) is 0.600. The predicted octanol–water partition coefficient (Wildman–Crippen LogP) is 7.09. The van der Waals surface area contributed by atoms with Gasteiger partial charge in [0.25, 0.3) is 0 Å². The number of aromatic amines is 1. The van der Waals surface area contributed by atoms with Gasteiger partial charge < -0.3 is 4.74 Å². The van der Waals surface area contributed by atoms with Gasteiger partial charge in [-0.15, -0.1) is 28.9 Å². The Morgan fingerprint density at radius 1 is 1.08 bits per heavy atom. The number of H-pyrrole nitrogens is 1. The fourth-order valence-electron chi connectivity index (χ4n) is 5.06. The molecule has 1 heterocycles. The zero-order chi connectivity index (χ0) is 28.3. The minimum Gasteiger partial charge on any atom is -0.404 e. The van der Waals surface area contributed by atoms with E-state index in [9.17, 15) is 18.0 Å². The Labute approximate surface area is 222 Å². The molecule has 12 heteroatoms. The number of rotatable bonds is 7. The van der Waals surface area contributed by atoms with Crippen LogP contribution >= 0.6 is 11.6 Å². The van der Waals surface area contributed by atoms with Crippen molar-refractivity contribution < 1.29 is 22.7 Å². The molecule has 0 aliphatic heterocycles. The summed E-state index contributed by atoms with van der Waals surface area (Å²) in [7, 11) is -2.26. The number of alkyl halides is 3. The van der Waals surface area contributed by atoms with Gasteiger partial charge in [-0.05, 0) is 46.2 Å². The molecule has 7 nitrogen and oxygen atoms in total. The number of tetrazole rings is 1. The smallest absolute Gasteiger partial charge is 0.404 e. The summed E-state index contributed by atoms with van der Waals surface area (Å²) in [5, 5.41) is 14.0. The van der Waals surface area contributed by atoms with Crippen LogP contribution in [0.2, 0.25) is 21.6 Å². The van der Waals surface area contributed by atoms with Crippen LogP contribution in [0.1, 0.15) is 74.2 Å². The number of amides is 1. The van der Waals surface area contributed by atoms with E-state index in [-0.39, 0.29) is 16.5 Å². The molecule has 1 amide bonds. The average Bonchev–Trinajstić information content (AvgIpc) is 3.25. The molecule has 0 saturated carbocycles. The minimum absolute atomic E-state index is 0.231. The largest absolute Gasteiger partial charge is 0.573 e. The van der Waals surface area contributed by atoms with Crippen molar-refractivity contribution in [3.8, 4) is 17.2 Å². The SMILES string of the molecule is CC(C)[Si](C#CC(=O)N(c1ccc(OC(F)(F)F)c(Cl)c1)C(c1nn[nH]n1)C(C)(C)C)(C(C)C)C(C)C. The highest BCUT2D eigenvalue weighted by molar-refractivity contribution is 6.90. The van der Waals surface area contributed by atoms with Crippen molar-refractivity contribution in [2.24, 2.45) is 5.41 Å². The third-order valence-electron chi connectivity index (χ3n) is 6.57. The second-order valence-electron chi connectivity index (χ2n) is 11.0. The number of carbonyl (C=O) groups is 1. The van der Waals surface area contributed by atoms with Crippen molar-refractivity contribution in [2.75, 3.05) is 4.90 Å². The summed E-state index contributed by atoms with van der Waals surface area (Å²) in [6.07, 6.45) is -4.91. The van der Waals surface area contributed by atoms with E-state index in [1.54, 1.807) is 0 Å². The molecule has 0 spiro atoms. The monoisotopic (exact) mass is 557 g/mol. The van der Waals surface area contributed by atoms with Crippen molar-refractivity contribution in [1.29, 1.82) is 0 Å². The quantitative estimate of drug-likeness (QED) is 0.290. The number of nitrogens with zero attached hydrogens (tertiary/aromatic N) is 4. The van der Waals surface area contributed by atoms with Crippen LogP contribution in [0.25, 0.3) is 0 Å². The third-order valence-corrected chi connectivity index (χ3v) is 13.2. The van der Waals surface area contributed by atoms with E-state index >= 15 is 0 Å². The van der Waals surface area contributed by atoms with Crippen molar-refractivity contribution in [3.05, 3.63) is 29.0 Å². The van der Waals surface area contributed by atoms with Crippen LogP contribution in [0.5, 0.6) is 5.75 Å². The normalized spacial score (nSPS) is 13.5. The molecule has 1 unspecified atom stereocenters. The number of ether oxygens (including phenoxy) is 1.